The number of anilines is 1. The van der Waals surface area contributed by atoms with E-state index in [1.165, 1.54) is 16.7 Å². The van der Waals surface area contributed by atoms with Gasteiger partial charge in [0.2, 0.25) is 0 Å². The van der Waals surface area contributed by atoms with E-state index < -0.39 is 0 Å². The van der Waals surface area contributed by atoms with E-state index in [0.29, 0.717) is 12.2 Å². The molecule has 1 aromatic carbocycles. The van der Waals surface area contributed by atoms with E-state index >= 15 is 0 Å². The van der Waals surface area contributed by atoms with Crippen molar-refractivity contribution < 1.29 is 9.47 Å². The molecule has 2 unspecified atom stereocenters. The summed E-state index contributed by atoms with van der Waals surface area (Å²) in [5.74, 6) is 0. The van der Waals surface area contributed by atoms with Gasteiger partial charge in [0.15, 0.2) is 0 Å². The summed E-state index contributed by atoms with van der Waals surface area (Å²) in [5.41, 5.74) is 11.0. The lowest BCUT2D eigenvalue weighted by Crippen LogP contribution is -2.02. The maximum Gasteiger partial charge on any atom is 0.0813 e. The molecular weight excluding hydrogens is 226 g/mol. The molecule has 98 valence electrons. The fourth-order valence-corrected chi connectivity index (χ4v) is 2.42. The first-order valence-electron chi connectivity index (χ1n) is 6.83. The van der Waals surface area contributed by atoms with E-state index in [1.807, 2.05) is 0 Å². The van der Waals surface area contributed by atoms with Gasteiger partial charge in [0.25, 0.3) is 0 Å². The van der Waals surface area contributed by atoms with Gasteiger partial charge in [0.05, 0.1) is 25.4 Å². The molecule has 2 fully saturated rings. The van der Waals surface area contributed by atoms with Crippen LogP contribution in [0, 0.1) is 6.92 Å². The molecule has 3 nitrogen and oxygen atoms in total. The molecule has 2 aliphatic rings. The number of nitrogens with two attached hydrogens (primary N) is 1. The Morgan fingerprint density at radius 3 is 2.33 bits per heavy atom. The van der Waals surface area contributed by atoms with Crippen molar-refractivity contribution in [1.82, 2.24) is 0 Å². The second kappa shape index (κ2) is 4.90. The highest BCUT2D eigenvalue weighted by Crippen LogP contribution is 2.26. The van der Waals surface area contributed by atoms with Crippen molar-refractivity contribution >= 4 is 5.69 Å². The first-order chi connectivity index (χ1) is 8.72. The topological polar surface area (TPSA) is 51.1 Å². The molecule has 0 radical (unpaired) electrons. The molecule has 3 rings (SSSR count). The lowest BCUT2D eigenvalue weighted by Gasteiger charge is -2.11. The Hall–Kier alpha value is -1.06. The van der Waals surface area contributed by atoms with Crippen molar-refractivity contribution in [2.24, 2.45) is 0 Å². The monoisotopic (exact) mass is 247 g/mol. The number of hydrogen-bond donors (Lipinski definition) is 1. The summed E-state index contributed by atoms with van der Waals surface area (Å²) in [4.78, 5) is 0. The summed E-state index contributed by atoms with van der Waals surface area (Å²) in [5, 5.41) is 0. The Labute approximate surface area is 108 Å². The van der Waals surface area contributed by atoms with Crippen LogP contribution in [0.1, 0.15) is 29.5 Å². The van der Waals surface area contributed by atoms with Crippen molar-refractivity contribution in [3.63, 3.8) is 0 Å². The SMILES string of the molecule is Cc1cc(CCC2CO2)cc(CCC2CO2)c1N. The van der Waals surface area contributed by atoms with Crippen LogP contribution in [-0.2, 0) is 22.3 Å². The van der Waals surface area contributed by atoms with Gasteiger partial charge < -0.3 is 15.2 Å². The van der Waals surface area contributed by atoms with Crippen LogP contribution in [0.4, 0.5) is 5.69 Å². The summed E-state index contributed by atoms with van der Waals surface area (Å²) < 4.78 is 10.5. The van der Waals surface area contributed by atoms with E-state index in [-0.39, 0.29) is 0 Å². The van der Waals surface area contributed by atoms with Crippen molar-refractivity contribution in [1.29, 1.82) is 0 Å². The van der Waals surface area contributed by atoms with Crippen LogP contribution in [0.3, 0.4) is 0 Å². The third-order valence-corrected chi connectivity index (χ3v) is 3.83. The highest BCUT2D eigenvalue weighted by molar-refractivity contribution is 5.55. The van der Waals surface area contributed by atoms with Crippen molar-refractivity contribution in [3.8, 4) is 0 Å². The van der Waals surface area contributed by atoms with Gasteiger partial charge in [-0.3, -0.25) is 0 Å². The van der Waals surface area contributed by atoms with Gasteiger partial charge >= 0.3 is 0 Å². The minimum absolute atomic E-state index is 0.480. The van der Waals surface area contributed by atoms with Crippen LogP contribution in [0.15, 0.2) is 12.1 Å². The number of epoxide rings is 2. The number of ether oxygens (including phenoxy) is 2. The molecule has 2 heterocycles. The molecule has 0 bridgehead atoms. The molecule has 2 atom stereocenters. The average molecular weight is 247 g/mol. The highest BCUT2D eigenvalue weighted by atomic mass is 16.6. The van der Waals surface area contributed by atoms with E-state index in [0.717, 1.165) is 44.6 Å². The van der Waals surface area contributed by atoms with Crippen LogP contribution in [0.5, 0.6) is 0 Å². The molecule has 2 N–H and O–H groups in total. The maximum atomic E-state index is 6.16. The Morgan fingerprint density at radius 1 is 1.11 bits per heavy atom. The van der Waals surface area contributed by atoms with Crippen molar-refractivity contribution in [2.75, 3.05) is 18.9 Å². The van der Waals surface area contributed by atoms with Gasteiger partial charge in [0, 0.05) is 5.69 Å². The van der Waals surface area contributed by atoms with E-state index in [2.05, 4.69) is 19.1 Å². The van der Waals surface area contributed by atoms with Gasteiger partial charge in [-0.25, -0.2) is 0 Å². The first-order valence-corrected chi connectivity index (χ1v) is 6.83. The van der Waals surface area contributed by atoms with Crippen LogP contribution < -0.4 is 5.73 Å². The number of hydrogen-bond acceptors (Lipinski definition) is 3. The van der Waals surface area contributed by atoms with Crippen molar-refractivity contribution in [3.05, 3.63) is 28.8 Å². The predicted octanol–water partition coefficient (Wildman–Crippen LogP) is 2.24. The molecule has 0 aliphatic carbocycles. The molecule has 0 aromatic heterocycles. The Bertz CT molecular complexity index is 436. The zero-order valence-corrected chi connectivity index (χ0v) is 10.9. The average Bonchev–Trinajstić information content (AvgIpc) is 3.23. The molecular formula is C15H21NO2. The second-order valence-corrected chi connectivity index (χ2v) is 5.47. The largest absolute Gasteiger partial charge is 0.398 e. The minimum Gasteiger partial charge on any atom is -0.398 e. The van der Waals surface area contributed by atoms with Crippen molar-refractivity contribution in [2.45, 2.75) is 44.8 Å². The smallest absolute Gasteiger partial charge is 0.0813 e. The molecule has 1 aromatic rings. The minimum atomic E-state index is 0.480. The summed E-state index contributed by atoms with van der Waals surface area (Å²) in [7, 11) is 0. The first kappa shape index (κ1) is 12.0. The van der Waals surface area contributed by atoms with Gasteiger partial charge in [0.1, 0.15) is 0 Å². The number of rotatable bonds is 6. The Kier molecular flexibility index (Phi) is 3.27. The standard InChI is InChI=1S/C15H21NO2/c1-10-6-11(2-4-13-8-17-13)7-12(15(10)16)3-5-14-9-18-14/h6-7,13-14H,2-5,8-9,16H2,1H3. The lowest BCUT2D eigenvalue weighted by molar-refractivity contribution is 0.396. The second-order valence-electron chi connectivity index (χ2n) is 5.47. The molecule has 0 spiro atoms. The third-order valence-electron chi connectivity index (χ3n) is 3.83. The molecule has 2 saturated heterocycles. The molecule has 18 heavy (non-hydrogen) atoms. The van der Waals surface area contributed by atoms with E-state index in [9.17, 15) is 0 Å². The zero-order valence-electron chi connectivity index (χ0n) is 10.9. The summed E-state index contributed by atoms with van der Waals surface area (Å²) in [6.07, 6.45) is 5.34. The van der Waals surface area contributed by atoms with E-state index in [4.69, 9.17) is 15.2 Å². The fraction of sp³-hybridized carbons (Fsp3) is 0.600. The zero-order chi connectivity index (χ0) is 12.5. The lowest BCUT2D eigenvalue weighted by atomic mass is 9.97. The van der Waals surface area contributed by atoms with Gasteiger partial charge in [-0.15, -0.1) is 0 Å². The van der Waals surface area contributed by atoms with Gasteiger partial charge in [-0.2, -0.15) is 0 Å². The van der Waals surface area contributed by atoms with E-state index in [1.54, 1.807) is 0 Å². The predicted molar refractivity (Wildman–Crippen MR) is 71.7 cm³/mol. The van der Waals surface area contributed by atoms with Gasteiger partial charge in [-0.1, -0.05) is 12.1 Å². The summed E-state index contributed by atoms with van der Waals surface area (Å²) in [6.45, 7) is 3.97. The van der Waals surface area contributed by atoms with Gasteiger partial charge in [-0.05, 0) is 49.3 Å². The highest BCUT2D eigenvalue weighted by Gasteiger charge is 2.23. The number of aryl methyl sites for hydroxylation is 3. The van der Waals surface area contributed by atoms with Crippen LogP contribution in [0.25, 0.3) is 0 Å². The summed E-state index contributed by atoms with van der Waals surface area (Å²) >= 11 is 0. The molecule has 0 saturated carbocycles. The van der Waals surface area contributed by atoms with Crippen LogP contribution >= 0.6 is 0 Å². The Morgan fingerprint density at radius 2 is 1.72 bits per heavy atom. The van der Waals surface area contributed by atoms with Crippen LogP contribution in [0.2, 0.25) is 0 Å². The molecule has 3 heteroatoms. The Balaban J connectivity index is 1.67. The number of nitrogen functional groups attached to an aromatic ring is 1. The molecule has 0 amide bonds. The number of benzene rings is 1. The fourth-order valence-electron chi connectivity index (χ4n) is 2.42. The molecule has 2 aliphatic heterocycles. The normalized spacial score (nSPS) is 25.2. The van der Waals surface area contributed by atoms with Crippen LogP contribution in [-0.4, -0.2) is 25.4 Å². The summed E-state index contributed by atoms with van der Waals surface area (Å²) in [6, 6.07) is 4.49. The quantitative estimate of drug-likeness (QED) is 0.619. The third kappa shape index (κ3) is 3.03. The maximum absolute atomic E-state index is 6.16.